The fourth-order valence-electron chi connectivity index (χ4n) is 6.08. The molecule has 0 aliphatic heterocycles. The second-order valence-electron chi connectivity index (χ2n) is 10.2. The highest BCUT2D eigenvalue weighted by molar-refractivity contribution is 5.66. The molecule has 0 aromatic rings. The van der Waals surface area contributed by atoms with Gasteiger partial charge in [0.25, 0.3) is 0 Å². The third kappa shape index (κ3) is 5.48. The van der Waals surface area contributed by atoms with Crippen LogP contribution in [-0.4, -0.2) is 12.1 Å². The van der Waals surface area contributed by atoms with Gasteiger partial charge in [0.2, 0.25) is 0 Å². The number of hydrogen-bond donors (Lipinski definition) is 0. The van der Waals surface area contributed by atoms with Crippen LogP contribution in [0.1, 0.15) is 99.8 Å². The fraction of sp³-hybridized carbons (Fsp3) is 0.800. The van der Waals surface area contributed by atoms with E-state index in [1.807, 2.05) is 6.92 Å². The van der Waals surface area contributed by atoms with Gasteiger partial charge in [-0.2, -0.15) is 0 Å². The highest BCUT2D eigenvalue weighted by Crippen LogP contribution is 2.60. The summed E-state index contributed by atoms with van der Waals surface area (Å²) in [6.07, 6.45) is 14.7. The zero-order valence-electron chi connectivity index (χ0n) is 18.9. The Morgan fingerprint density at radius 1 is 1.30 bits per heavy atom. The van der Waals surface area contributed by atoms with Crippen LogP contribution in [0.2, 0.25) is 0 Å². The molecule has 2 aliphatic rings. The third-order valence-corrected chi connectivity index (χ3v) is 7.56. The molecule has 0 radical (unpaired) electrons. The average Bonchev–Trinajstić information content (AvgIpc) is 2.52. The summed E-state index contributed by atoms with van der Waals surface area (Å²) in [5.74, 6) is 1.36. The van der Waals surface area contributed by atoms with E-state index < -0.39 is 0 Å². The largest absolute Gasteiger partial charge is 0.463 e. The van der Waals surface area contributed by atoms with Crippen molar-refractivity contribution in [1.29, 1.82) is 0 Å². The van der Waals surface area contributed by atoms with Crippen molar-refractivity contribution >= 4 is 5.97 Å². The van der Waals surface area contributed by atoms with Gasteiger partial charge >= 0.3 is 5.97 Å². The number of allylic oxidation sites excluding steroid dienone is 4. The van der Waals surface area contributed by atoms with Gasteiger partial charge < -0.3 is 4.74 Å². The topological polar surface area (TPSA) is 26.3 Å². The maximum atomic E-state index is 11.0. The molecular weight excluding hydrogens is 332 g/mol. The number of fused-ring (bicyclic) bond motifs is 1. The van der Waals surface area contributed by atoms with Crippen molar-refractivity contribution in [1.82, 2.24) is 0 Å². The first-order valence-electron chi connectivity index (χ1n) is 11.1. The summed E-state index contributed by atoms with van der Waals surface area (Å²) >= 11 is 0. The molecule has 0 saturated heterocycles. The van der Waals surface area contributed by atoms with Crippen LogP contribution in [-0.2, 0) is 9.53 Å². The van der Waals surface area contributed by atoms with Gasteiger partial charge in [-0.05, 0) is 88.4 Å². The molecule has 0 aromatic heterocycles. The zero-order valence-corrected chi connectivity index (χ0v) is 18.9. The summed E-state index contributed by atoms with van der Waals surface area (Å²) in [5.41, 5.74) is 4.05. The molecule has 0 spiro atoms. The molecule has 4 atom stereocenters. The molecule has 2 nitrogen and oxygen atoms in total. The van der Waals surface area contributed by atoms with E-state index in [4.69, 9.17) is 4.74 Å². The summed E-state index contributed by atoms with van der Waals surface area (Å²) in [6.45, 7) is 15.7. The molecule has 1 fully saturated rings. The van der Waals surface area contributed by atoms with Crippen molar-refractivity contribution in [2.24, 2.45) is 22.7 Å². The Bertz CT molecular complexity index is 583. The monoisotopic (exact) mass is 374 g/mol. The van der Waals surface area contributed by atoms with Crippen molar-refractivity contribution in [2.45, 2.75) is 106 Å². The van der Waals surface area contributed by atoms with E-state index >= 15 is 0 Å². The number of rotatable bonds is 7. The first-order chi connectivity index (χ1) is 12.6. The van der Waals surface area contributed by atoms with Crippen molar-refractivity contribution in [3.8, 4) is 0 Å². The van der Waals surface area contributed by atoms with E-state index in [9.17, 15) is 4.79 Å². The number of hydrogen-bond acceptors (Lipinski definition) is 2. The standard InChI is InChI=1S/C25H42O2/c1-18(10-8-11-20(3)27-21(4)26)12-14-22-19(2)13-15-23-24(5,6)16-9-17-25(22,23)7/h10,13,20,22-23H,8-9,11-12,14-17H2,1-7H3/b18-10+/t20-,22-,23-,25-/m1/s1. The first-order valence-corrected chi connectivity index (χ1v) is 11.1. The van der Waals surface area contributed by atoms with Crippen molar-refractivity contribution in [2.75, 3.05) is 0 Å². The predicted molar refractivity (Wildman–Crippen MR) is 115 cm³/mol. The molecule has 0 N–H and O–H groups in total. The van der Waals surface area contributed by atoms with Crippen LogP contribution in [0.4, 0.5) is 0 Å². The van der Waals surface area contributed by atoms with Crippen LogP contribution in [0.3, 0.4) is 0 Å². The molecule has 0 unspecified atom stereocenters. The van der Waals surface area contributed by atoms with Crippen molar-refractivity contribution in [3.05, 3.63) is 23.3 Å². The van der Waals surface area contributed by atoms with Crippen LogP contribution in [0, 0.1) is 22.7 Å². The quantitative estimate of drug-likeness (QED) is 0.346. The summed E-state index contributed by atoms with van der Waals surface area (Å²) < 4.78 is 5.22. The predicted octanol–water partition coefficient (Wildman–Crippen LogP) is 7.24. The van der Waals surface area contributed by atoms with Crippen LogP contribution in [0.25, 0.3) is 0 Å². The van der Waals surface area contributed by atoms with Gasteiger partial charge in [-0.3, -0.25) is 4.79 Å². The number of carbonyl (C=O) groups is 1. The Morgan fingerprint density at radius 2 is 2.00 bits per heavy atom. The maximum Gasteiger partial charge on any atom is 0.302 e. The molecular formula is C25H42O2. The van der Waals surface area contributed by atoms with Crippen LogP contribution in [0.5, 0.6) is 0 Å². The minimum absolute atomic E-state index is 0.0132. The van der Waals surface area contributed by atoms with Gasteiger partial charge in [0, 0.05) is 6.92 Å². The highest BCUT2D eigenvalue weighted by Gasteiger charge is 2.51. The number of esters is 1. The molecule has 0 bridgehead atoms. The highest BCUT2D eigenvalue weighted by atomic mass is 16.5. The van der Waals surface area contributed by atoms with E-state index in [-0.39, 0.29) is 12.1 Å². The molecule has 154 valence electrons. The molecule has 0 aromatic carbocycles. The lowest BCUT2D eigenvalue weighted by Gasteiger charge is -2.57. The molecule has 2 rings (SSSR count). The Kier molecular flexibility index (Phi) is 7.39. The second kappa shape index (κ2) is 8.97. The van der Waals surface area contributed by atoms with E-state index in [2.05, 4.69) is 46.8 Å². The molecule has 2 heteroatoms. The van der Waals surface area contributed by atoms with Gasteiger partial charge in [-0.15, -0.1) is 0 Å². The SMILES string of the molecule is CC(=O)O[C@H](C)CC/C=C(\C)CC[C@@H]1C(C)=CC[C@@H]2C(C)(C)CCC[C@]12C. The molecule has 1 saturated carbocycles. The Hall–Kier alpha value is -1.05. The Labute approximate surface area is 167 Å². The summed E-state index contributed by atoms with van der Waals surface area (Å²) in [6, 6.07) is 0. The Balaban J connectivity index is 1.95. The third-order valence-electron chi connectivity index (χ3n) is 7.56. The van der Waals surface area contributed by atoms with Gasteiger partial charge in [0.05, 0.1) is 6.10 Å². The molecule has 0 amide bonds. The van der Waals surface area contributed by atoms with E-state index in [0.29, 0.717) is 10.8 Å². The Morgan fingerprint density at radius 3 is 2.67 bits per heavy atom. The van der Waals surface area contributed by atoms with Gasteiger partial charge in [-0.1, -0.05) is 50.5 Å². The van der Waals surface area contributed by atoms with Crippen LogP contribution in [0.15, 0.2) is 23.3 Å². The molecule has 0 heterocycles. The average molecular weight is 375 g/mol. The first kappa shape index (κ1) is 22.2. The minimum Gasteiger partial charge on any atom is -0.463 e. The van der Waals surface area contributed by atoms with E-state index in [0.717, 1.165) is 24.7 Å². The second-order valence-corrected chi connectivity index (χ2v) is 10.2. The molecule has 27 heavy (non-hydrogen) atoms. The lowest BCUT2D eigenvalue weighted by Crippen LogP contribution is -2.48. The van der Waals surface area contributed by atoms with Gasteiger partial charge in [0.1, 0.15) is 0 Å². The number of ether oxygens (including phenoxy) is 1. The van der Waals surface area contributed by atoms with E-state index in [1.54, 1.807) is 5.57 Å². The van der Waals surface area contributed by atoms with Crippen molar-refractivity contribution in [3.63, 3.8) is 0 Å². The fourth-order valence-corrected chi connectivity index (χ4v) is 6.08. The summed E-state index contributed by atoms with van der Waals surface area (Å²) in [7, 11) is 0. The summed E-state index contributed by atoms with van der Waals surface area (Å²) in [4.78, 5) is 11.0. The van der Waals surface area contributed by atoms with Gasteiger partial charge in [0.15, 0.2) is 0 Å². The van der Waals surface area contributed by atoms with Crippen molar-refractivity contribution < 1.29 is 9.53 Å². The zero-order chi connectivity index (χ0) is 20.2. The number of carbonyl (C=O) groups excluding carboxylic acids is 1. The minimum atomic E-state index is -0.180. The molecule has 2 aliphatic carbocycles. The summed E-state index contributed by atoms with van der Waals surface area (Å²) in [5, 5.41) is 0. The normalized spacial score (nSPS) is 31.7. The van der Waals surface area contributed by atoms with Gasteiger partial charge in [-0.25, -0.2) is 0 Å². The smallest absolute Gasteiger partial charge is 0.302 e. The van der Waals surface area contributed by atoms with E-state index in [1.165, 1.54) is 51.0 Å². The lowest BCUT2D eigenvalue weighted by atomic mass is 9.48. The van der Waals surface area contributed by atoms with Crippen LogP contribution < -0.4 is 0 Å². The maximum absolute atomic E-state index is 11.0. The van der Waals surface area contributed by atoms with Crippen LogP contribution >= 0.6 is 0 Å². The lowest BCUT2D eigenvalue weighted by molar-refractivity contribution is -0.145.